The normalized spacial score (nSPS) is 39.3. The van der Waals surface area contributed by atoms with Gasteiger partial charge >= 0.3 is 18.5 Å². The quantitative estimate of drug-likeness (QED) is 0.0571. The maximum absolute atomic E-state index is 14.8. The van der Waals surface area contributed by atoms with Gasteiger partial charge in [0.25, 0.3) is 5.56 Å². The van der Waals surface area contributed by atoms with E-state index in [-0.39, 0.29) is 41.5 Å². The first-order valence-corrected chi connectivity index (χ1v) is 27.3. The molecule has 18 atom stereocenters. The van der Waals surface area contributed by atoms with Crippen LogP contribution in [0.15, 0.2) is 28.2 Å². The molecule has 23 heteroatoms. The van der Waals surface area contributed by atoms with Gasteiger partial charge in [-0.15, -0.1) is 0 Å². The van der Waals surface area contributed by atoms with Crippen LogP contribution in [0.4, 0.5) is 5.82 Å². The van der Waals surface area contributed by atoms with Crippen molar-refractivity contribution in [2.75, 3.05) is 32.0 Å². The third kappa shape index (κ3) is 9.18. The molecule has 3 aromatic heterocycles. The molecule has 0 amide bonds. The fraction of sp³-hybridized carbons (Fsp3) is 0.800. The molecule has 4 aliphatic carbocycles. The van der Waals surface area contributed by atoms with E-state index in [1.165, 1.54) is 19.6 Å². The van der Waals surface area contributed by atoms with Gasteiger partial charge in [-0.25, -0.2) is 24.0 Å². The monoisotopic (exact) mass is 993 g/mol. The van der Waals surface area contributed by atoms with Crippen LogP contribution in [0.2, 0.25) is 0 Å². The molecule has 8 N–H and O–H groups in total. The number of nitrogens with zero attached hydrogens (tertiary/aromatic N) is 4. The maximum Gasteiger partial charge on any atom is 0.392 e. The first-order chi connectivity index (χ1) is 32.5. The van der Waals surface area contributed by atoms with Crippen molar-refractivity contribution in [1.82, 2.24) is 29.3 Å². The Bertz CT molecular complexity index is 2440. The Morgan fingerprint density at radius 3 is 2.63 bits per heavy atom. The molecular formula is C45H68N7O14PS. The van der Waals surface area contributed by atoms with Crippen molar-refractivity contribution in [3.63, 3.8) is 0 Å². The van der Waals surface area contributed by atoms with Crippen LogP contribution >= 0.6 is 18.2 Å². The number of anilines is 1. The van der Waals surface area contributed by atoms with Crippen molar-refractivity contribution in [1.29, 1.82) is 0 Å². The molecule has 378 valence electrons. The number of H-pyrrole nitrogens is 2. The highest BCUT2D eigenvalue weighted by atomic mass is 32.7. The summed E-state index contributed by atoms with van der Waals surface area (Å²) in [7, 11) is 1.31. The SMILES string of the molecule is CO[C@H]1[C@@H](OP(=O)(OC[C@H]2O[C@@H](n3[nH]c4c(N)ncnc43)C[C@H]2O)SCOC(=O)CCCC(C)C2CCC3C4CCC5CC(O)CCC5(C)C4CC(O)C23C)[C@@H](CO)O[C@H]1n1ccc(=O)[nH]c1=O. The van der Waals surface area contributed by atoms with Crippen LogP contribution in [0.3, 0.4) is 0 Å². The first kappa shape index (κ1) is 49.8. The number of nitrogens with one attached hydrogen (secondary N) is 2. The summed E-state index contributed by atoms with van der Waals surface area (Å²) in [6.07, 6.45) is 3.86. The van der Waals surface area contributed by atoms with E-state index in [1.54, 1.807) is 4.68 Å². The predicted octanol–water partition coefficient (Wildman–Crippen LogP) is 3.99. The third-order valence-corrected chi connectivity index (χ3v) is 20.6. The van der Waals surface area contributed by atoms with Gasteiger partial charge in [0.15, 0.2) is 23.9 Å². The van der Waals surface area contributed by atoms with E-state index >= 15 is 0 Å². The Morgan fingerprint density at radius 2 is 1.87 bits per heavy atom. The van der Waals surface area contributed by atoms with E-state index in [1.807, 2.05) is 0 Å². The second kappa shape index (κ2) is 19.8. The van der Waals surface area contributed by atoms with Crippen molar-refractivity contribution in [3.8, 4) is 0 Å². The van der Waals surface area contributed by atoms with Gasteiger partial charge < -0.3 is 45.1 Å². The van der Waals surface area contributed by atoms with Gasteiger partial charge in [0.2, 0.25) is 0 Å². The average molecular weight is 994 g/mol. The van der Waals surface area contributed by atoms with Crippen LogP contribution in [0, 0.1) is 46.3 Å². The van der Waals surface area contributed by atoms with Gasteiger partial charge in [-0.3, -0.25) is 33.3 Å². The zero-order valence-corrected chi connectivity index (χ0v) is 40.8. The van der Waals surface area contributed by atoms with Crippen LogP contribution in [0.25, 0.3) is 11.2 Å². The Balaban J connectivity index is 0.824. The van der Waals surface area contributed by atoms with Gasteiger partial charge in [0.1, 0.15) is 42.2 Å². The predicted molar refractivity (Wildman–Crippen MR) is 247 cm³/mol. The summed E-state index contributed by atoms with van der Waals surface area (Å²) in [6.45, 7) is 1.48. The molecule has 0 bridgehead atoms. The van der Waals surface area contributed by atoms with Gasteiger partial charge in [0, 0.05) is 43.6 Å². The highest BCUT2D eigenvalue weighted by molar-refractivity contribution is 8.55. The van der Waals surface area contributed by atoms with Gasteiger partial charge in [-0.1, -0.05) is 20.8 Å². The van der Waals surface area contributed by atoms with Crippen molar-refractivity contribution in [2.24, 2.45) is 46.3 Å². The molecule has 0 radical (unpaired) electrons. The second-order valence-electron chi connectivity index (χ2n) is 20.7. The lowest BCUT2D eigenvalue weighted by Crippen LogP contribution is -2.58. The number of hydrogen-bond donors (Lipinski definition) is 7. The summed E-state index contributed by atoms with van der Waals surface area (Å²) in [5, 5.41) is 46.9. The van der Waals surface area contributed by atoms with Gasteiger partial charge in [-0.2, -0.15) is 0 Å². The molecule has 2 aliphatic heterocycles. The fourth-order valence-electron chi connectivity index (χ4n) is 13.7. The van der Waals surface area contributed by atoms with E-state index in [9.17, 15) is 39.4 Å². The largest absolute Gasteiger partial charge is 0.454 e. The molecule has 0 spiro atoms. The number of carbonyl (C=O) groups excluding carboxylic acids is 1. The lowest BCUT2D eigenvalue weighted by atomic mass is 9.43. The Hall–Kier alpha value is -3.15. The van der Waals surface area contributed by atoms with Gasteiger partial charge in [-0.05, 0) is 111 Å². The highest BCUT2D eigenvalue weighted by Gasteiger charge is 2.64. The Kier molecular flexibility index (Phi) is 14.5. The molecule has 5 heterocycles. The van der Waals surface area contributed by atoms with Crippen LogP contribution in [-0.2, 0) is 37.4 Å². The van der Waals surface area contributed by atoms with Crippen molar-refractivity contribution in [2.45, 2.75) is 153 Å². The fourth-order valence-corrected chi connectivity index (χ4v) is 16.5. The highest BCUT2D eigenvalue weighted by Crippen LogP contribution is 2.69. The molecule has 6 aliphatic rings. The summed E-state index contributed by atoms with van der Waals surface area (Å²) in [5.74, 6) is 1.90. The third-order valence-electron chi connectivity index (χ3n) is 17.3. The van der Waals surface area contributed by atoms with E-state index in [0.717, 1.165) is 68.4 Å². The molecule has 0 aromatic carbocycles. The molecule has 6 fully saturated rings. The number of ether oxygens (including phenoxy) is 4. The minimum absolute atomic E-state index is 0.112. The van der Waals surface area contributed by atoms with E-state index in [4.69, 9.17) is 33.7 Å². The molecule has 11 unspecified atom stereocenters. The summed E-state index contributed by atoms with van der Waals surface area (Å²) in [5.41, 5.74) is 5.43. The Labute approximate surface area is 397 Å². The van der Waals surface area contributed by atoms with E-state index in [2.05, 4.69) is 40.8 Å². The smallest absolute Gasteiger partial charge is 0.392 e. The van der Waals surface area contributed by atoms with E-state index < -0.39 is 92.2 Å². The van der Waals surface area contributed by atoms with Crippen LogP contribution in [0.5, 0.6) is 0 Å². The number of hydrogen-bond acceptors (Lipinski definition) is 18. The zero-order valence-electron chi connectivity index (χ0n) is 39.1. The number of aliphatic hydroxyl groups excluding tert-OH is 4. The standard InChI is InChI=1S/C45H68N7O14PS/c1-23(27-10-11-28-26-9-8-24-16-25(54)12-14-44(24,2)29(26)17-33(56)45(27,28)3)6-5-7-36(58)62-22-68-67(60,63-20-32-30(55)18-35(64-32)52-41-37(50-52)40(46)47-21-48-41)66-38-31(19-53)65-42(39(38)61-4)51-15-13-34(57)49-43(51)59/h13,15,21,23-33,35,38-39,42,50,53-56H,5-12,14,16-20,22H2,1-4H3,(H2,46,47,48)(H,49,57,59)/t23?,24?,25?,26?,27?,28?,29?,30-,31-,32-,33?,35-,38+,39+,42-,44?,45?,67?/m1/s1. The molecule has 3 aromatic rings. The number of nitrogens with two attached hydrogens (primary N) is 1. The number of nitrogen functional groups attached to an aromatic ring is 1. The average Bonchev–Trinajstić information content (AvgIpc) is 3.96. The first-order valence-electron chi connectivity index (χ1n) is 24.2. The number of carbonyl (C=O) groups is 1. The van der Waals surface area contributed by atoms with Crippen LogP contribution in [-0.4, -0.2) is 125 Å². The molecule has 68 heavy (non-hydrogen) atoms. The molecule has 9 rings (SSSR count). The van der Waals surface area contributed by atoms with Crippen LogP contribution in [0.1, 0.15) is 110 Å². The minimum atomic E-state index is -4.42. The summed E-state index contributed by atoms with van der Waals surface area (Å²) in [6, 6.07) is 1.11. The van der Waals surface area contributed by atoms with Crippen molar-refractivity contribution >= 4 is 41.1 Å². The molecular weight excluding hydrogens is 926 g/mol. The molecule has 21 nitrogen and oxygen atoms in total. The maximum atomic E-state index is 14.8. The lowest BCUT2D eigenvalue weighted by molar-refractivity contribution is -0.175. The van der Waals surface area contributed by atoms with Crippen LogP contribution < -0.4 is 17.0 Å². The summed E-state index contributed by atoms with van der Waals surface area (Å²) >= 11 is 0.582. The number of fused-ring (bicyclic) bond motifs is 6. The number of aliphatic hydroxyl groups is 4. The Morgan fingerprint density at radius 1 is 1.06 bits per heavy atom. The summed E-state index contributed by atoms with van der Waals surface area (Å²) in [4.78, 5) is 48.2. The van der Waals surface area contributed by atoms with E-state index in [0.29, 0.717) is 58.6 Å². The van der Waals surface area contributed by atoms with Crippen molar-refractivity contribution < 1.29 is 57.8 Å². The minimum Gasteiger partial charge on any atom is -0.454 e. The van der Waals surface area contributed by atoms with Gasteiger partial charge in [0.05, 0.1) is 31.5 Å². The topological polar surface area (TPSA) is 298 Å². The number of esters is 1. The number of methoxy groups -OCH3 is 1. The molecule has 2 saturated heterocycles. The molecule has 4 saturated carbocycles. The number of aromatic nitrogens is 6. The lowest BCUT2D eigenvalue weighted by Gasteiger charge is -2.62. The van der Waals surface area contributed by atoms with Crippen molar-refractivity contribution in [3.05, 3.63) is 39.4 Å². The second-order valence-corrected chi connectivity index (χ2v) is 24.6. The zero-order chi connectivity index (χ0) is 48.3. The number of aromatic amines is 2. The summed E-state index contributed by atoms with van der Waals surface area (Å²) < 4.78 is 52.9. The number of rotatable bonds is 17.